The maximum Gasteiger partial charge on any atom is 0.413 e. The number of rotatable bonds is 13. The number of thioether (sulfide) groups is 2. The van der Waals surface area contributed by atoms with E-state index in [1.165, 1.54) is 18.7 Å². The van der Waals surface area contributed by atoms with Crippen molar-refractivity contribution in [3.05, 3.63) is 52.5 Å². The monoisotopic (exact) mass is 512 g/mol. The summed E-state index contributed by atoms with van der Waals surface area (Å²) < 4.78 is 39.2. The number of alkyl halides is 3. The summed E-state index contributed by atoms with van der Waals surface area (Å²) in [6.07, 6.45) is 6.07. The van der Waals surface area contributed by atoms with E-state index in [2.05, 4.69) is 24.9 Å². The lowest BCUT2D eigenvalue weighted by Gasteiger charge is -2.23. The Morgan fingerprint density at radius 2 is 2.06 bits per heavy atom. The number of amides is 1. The highest BCUT2D eigenvalue weighted by Gasteiger charge is 2.38. The van der Waals surface area contributed by atoms with Gasteiger partial charge in [0.05, 0.1) is 0 Å². The molecule has 1 aromatic rings. The fourth-order valence-electron chi connectivity index (χ4n) is 3.50. The van der Waals surface area contributed by atoms with Gasteiger partial charge in [0.25, 0.3) is 0 Å². The van der Waals surface area contributed by atoms with E-state index in [-0.39, 0.29) is 5.78 Å². The summed E-state index contributed by atoms with van der Waals surface area (Å²) in [5.41, 5.74) is 8.00. The Hall–Kier alpha value is -1.97. The number of hydrogen-bond acceptors (Lipinski definition) is 5. The molecule has 1 aliphatic carbocycles. The molecule has 0 aromatic heterocycles. The number of fused-ring (bicyclic) bond motifs is 1. The first-order valence-electron chi connectivity index (χ1n) is 11.1. The number of hydrogen-bond donors (Lipinski definition) is 2. The molecule has 0 aliphatic heterocycles. The van der Waals surface area contributed by atoms with Crippen LogP contribution in [0.5, 0.6) is 0 Å². The number of carbonyl (C=O) groups is 2. The van der Waals surface area contributed by atoms with E-state index in [1.807, 2.05) is 18.2 Å². The zero-order chi connectivity index (χ0) is 25.3. The number of halogens is 3. The third kappa shape index (κ3) is 8.36. The van der Waals surface area contributed by atoms with E-state index < -0.39 is 11.6 Å². The highest BCUT2D eigenvalue weighted by atomic mass is 32.2. The van der Waals surface area contributed by atoms with Crippen molar-refractivity contribution in [3.8, 4) is 0 Å². The van der Waals surface area contributed by atoms with Crippen LogP contribution in [-0.2, 0) is 16.0 Å². The smallest absolute Gasteiger partial charge is 0.359 e. The number of Topliss-reactive ketones (excluding diaryl/α,β-unsaturated/α-hetero) is 1. The van der Waals surface area contributed by atoms with Gasteiger partial charge in [-0.05, 0) is 67.7 Å². The van der Waals surface area contributed by atoms with Gasteiger partial charge in [0.2, 0.25) is 6.41 Å². The van der Waals surface area contributed by atoms with Crippen LogP contribution in [0.25, 0.3) is 11.0 Å². The van der Waals surface area contributed by atoms with Gasteiger partial charge in [-0.1, -0.05) is 61.3 Å². The first-order valence-corrected chi connectivity index (χ1v) is 12.8. The van der Waals surface area contributed by atoms with E-state index in [9.17, 15) is 22.8 Å². The molecule has 0 fully saturated rings. The van der Waals surface area contributed by atoms with Crippen molar-refractivity contribution >= 4 is 46.7 Å². The highest BCUT2D eigenvalue weighted by Crippen LogP contribution is 2.42. The maximum absolute atomic E-state index is 13.1. The van der Waals surface area contributed by atoms with Crippen molar-refractivity contribution < 1.29 is 22.8 Å². The fraction of sp³-hybridized carbons (Fsp3) is 0.440. The molecular formula is C25H31F3N2O2S2. The summed E-state index contributed by atoms with van der Waals surface area (Å²) in [6.45, 7) is 8.08. The van der Waals surface area contributed by atoms with Crippen LogP contribution in [0, 0.1) is 5.92 Å². The molecule has 1 aromatic carbocycles. The first kappa shape index (κ1) is 28.3. The van der Waals surface area contributed by atoms with Gasteiger partial charge < -0.3 is 11.1 Å². The summed E-state index contributed by atoms with van der Waals surface area (Å²) >= 11 is 1.91. The van der Waals surface area contributed by atoms with Crippen LogP contribution in [0.2, 0.25) is 0 Å². The minimum absolute atomic E-state index is 0.124. The number of benzene rings is 1. The lowest BCUT2D eigenvalue weighted by atomic mass is 9.92. The molecular weight excluding hydrogens is 481 g/mol. The van der Waals surface area contributed by atoms with Crippen LogP contribution in [0.15, 0.2) is 40.7 Å². The molecule has 0 heterocycles. The topological polar surface area (TPSA) is 72.2 Å². The van der Waals surface area contributed by atoms with Crippen molar-refractivity contribution in [2.75, 3.05) is 6.54 Å². The average Bonchev–Trinajstić information content (AvgIpc) is 2.78. The number of carbonyl (C=O) groups excluding carboxylic acids is 2. The Labute approximate surface area is 207 Å². The molecule has 0 bridgehead atoms. The summed E-state index contributed by atoms with van der Waals surface area (Å²) in [4.78, 5) is 24.1. The van der Waals surface area contributed by atoms with Crippen molar-refractivity contribution in [1.29, 1.82) is 0 Å². The van der Waals surface area contributed by atoms with Gasteiger partial charge >= 0.3 is 6.18 Å². The Morgan fingerprint density at radius 3 is 2.71 bits per heavy atom. The van der Waals surface area contributed by atoms with E-state index in [0.717, 1.165) is 47.3 Å². The van der Waals surface area contributed by atoms with Crippen LogP contribution < -0.4 is 11.1 Å². The van der Waals surface area contributed by atoms with Gasteiger partial charge in [-0.3, -0.25) is 9.59 Å². The fourth-order valence-corrected chi connectivity index (χ4v) is 5.29. The minimum atomic E-state index is -4.49. The van der Waals surface area contributed by atoms with E-state index in [0.29, 0.717) is 46.9 Å². The Morgan fingerprint density at radius 1 is 1.32 bits per heavy atom. The predicted octanol–water partition coefficient (Wildman–Crippen LogP) is 6.31. The van der Waals surface area contributed by atoms with Gasteiger partial charge in [-0.25, -0.2) is 0 Å². The van der Waals surface area contributed by atoms with Gasteiger partial charge in [0.15, 0.2) is 11.2 Å². The maximum atomic E-state index is 13.1. The quantitative estimate of drug-likeness (QED) is 0.106. The van der Waals surface area contributed by atoms with Gasteiger partial charge in [-0.15, -0.1) is 0 Å². The Balaban J connectivity index is 2.35. The van der Waals surface area contributed by atoms with Gasteiger partial charge in [-0.2, -0.15) is 13.2 Å². The van der Waals surface area contributed by atoms with Gasteiger partial charge in [0.1, 0.15) is 0 Å². The summed E-state index contributed by atoms with van der Waals surface area (Å²) in [5, 5.41) is 0.663. The molecule has 2 rings (SSSR count). The van der Waals surface area contributed by atoms with Crippen molar-refractivity contribution in [1.82, 2.24) is 5.32 Å². The van der Waals surface area contributed by atoms with Crippen LogP contribution in [0.4, 0.5) is 13.2 Å². The van der Waals surface area contributed by atoms with Crippen molar-refractivity contribution in [2.24, 2.45) is 11.7 Å². The Kier molecular flexibility index (Phi) is 11.0. The third-order valence-corrected chi connectivity index (χ3v) is 7.76. The molecule has 0 saturated carbocycles. The lowest BCUT2D eigenvalue weighted by molar-refractivity contribution is -0.127. The molecule has 2 unspecified atom stereocenters. The zero-order valence-corrected chi connectivity index (χ0v) is 21.0. The number of ketones is 1. The second-order valence-corrected chi connectivity index (χ2v) is 10.5. The van der Waals surface area contributed by atoms with E-state index in [4.69, 9.17) is 5.73 Å². The molecule has 2 atom stereocenters. The molecule has 0 saturated heterocycles. The molecule has 186 valence electrons. The number of allylic oxidation sites excluding steroid dienone is 3. The Bertz CT molecular complexity index is 958. The second kappa shape index (κ2) is 13.2. The average molecular weight is 513 g/mol. The van der Waals surface area contributed by atoms with E-state index >= 15 is 0 Å². The molecule has 4 nitrogen and oxygen atoms in total. The first-order chi connectivity index (χ1) is 16.0. The molecule has 34 heavy (non-hydrogen) atoms. The van der Waals surface area contributed by atoms with Crippen LogP contribution in [0.1, 0.15) is 56.2 Å². The van der Waals surface area contributed by atoms with Crippen LogP contribution in [0.3, 0.4) is 0 Å². The summed E-state index contributed by atoms with van der Waals surface area (Å²) in [7, 11) is 0. The van der Waals surface area contributed by atoms with Crippen molar-refractivity contribution in [3.63, 3.8) is 0 Å². The zero-order valence-electron chi connectivity index (χ0n) is 19.4. The standard InChI is InChI=1S/C25H31F3N2O2S2/c1-16(13-14-30-15-31)7-6-10-22(33-18(3)17(2)32)21-11-12-23(34-24(29)25(26,27)28)20-9-5-4-8-19(20)21/h5,9-12,15-16,24H,3-4,6-8,13-14,29H2,1-2H3,(H,30,31)/b22-10+. The second-order valence-electron chi connectivity index (χ2n) is 8.22. The lowest BCUT2D eigenvalue weighted by Crippen LogP contribution is -2.34. The molecule has 0 spiro atoms. The van der Waals surface area contributed by atoms with Crippen molar-refractivity contribution in [2.45, 2.75) is 62.4 Å². The molecule has 9 heteroatoms. The molecule has 1 amide bonds. The molecule has 0 radical (unpaired) electrons. The van der Waals surface area contributed by atoms with Gasteiger partial charge in [0, 0.05) is 21.3 Å². The predicted molar refractivity (Wildman–Crippen MR) is 136 cm³/mol. The van der Waals surface area contributed by atoms with Crippen LogP contribution in [-0.4, -0.2) is 30.3 Å². The normalized spacial score (nSPS) is 15.4. The van der Waals surface area contributed by atoms with E-state index in [1.54, 1.807) is 6.07 Å². The summed E-state index contributed by atoms with van der Waals surface area (Å²) in [6, 6.07) is 3.51. The molecule has 3 N–H and O–H groups in total. The minimum Gasteiger partial charge on any atom is -0.359 e. The largest absolute Gasteiger partial charge is 0.413 e. The SMILES string of the molecule is C=C(S/C(=C/CCC(C)CCNC=O)c1ccc(SC(N)C(F)(F)F)c2c1CCC=C2)C(C)=O. The third-order valence-electron chi connectivity index (χ3n) is 5.48. The molecule has 1 aliphatic rings. The van der Waals surface area contributed by atoms with Crippen LogP contribution >= 0.6 is 23.5 Å². The number of nitrogens with two attached hydrogens (primary N) is 1. The number of nitrogens with one attached hydrogen (secondary N) is 1. The summed E-state index contributed by atoms with van der Waals surface area (Å²) in [5.74, 6) is 0.270. The highest BCUT2D eigenvalue weighted by molar-refractivity contribution is 8.12.